The molecule has 0 aromatic rings. The minimum atomic E-state index is -2.94. The fourth-order valence-electron chi connectivity index (χ4n) is 1.40. The molecule has 0 bridgehead atoms. The lowest BCUT2D eigenvalue weighted by molar-refractivity contribution is -0.0105. The molecule has 1 aliphatic rings. The van der Waals surface area contributed by atoms with E-state index in [2.05, 4.69) is 0 Å². The molecule has 1 rings (SSSR count). The highest BCUT2D eigenvalue weighted by atomic mass is 32.5. The van der Waals surface area contributed by atoms with Crippen molar-refractivity contribution in [2.45, 2.75) is 24.4 Å². The Balaban J connectivity index is 2.68. The molecule has 1 aliphatic heterocycles. The van der Waals surface area contributed by atoms with E-state index in [0.29, 0.717) is 0 Å². The zero-order chi connectivity index (χ0) is 11.6. The minimum absolute atomic E-state index is 0.147. The molecular weight excluding hydrogens is 241 g/mol. The van der Waals surface area contributed by atoms with Crippen LogP contribution in [0.1, 0.15) is 0 Å². The molecule has 2 unspecified atom stereocenters. The molecule has 5 atom stereocenters. The predicted molar refractivity (Wildman–Crippen MR) is 58.5 cm³/mol. The van der Waals surface area contributed by atoms with Gasteiger partial charge in [0.1, 0.15) is 26.2 Å². The molecular formula is C7H13BFO4PS. The van der Waals surface area contributed by atoms with Crippen molar-refractivity contribution in [2.24, 2.45) is 0 Å². The van der Waals surface area contributed by atoms with E-state index in [4.69, 9.17) is 33.7 Å². The average Bonchev–Trinajstić information content (AvgIpc) is 2.32. The fraction of sp³-hybridized carbons (Fsp3) is 1.00. The lowest BCUT2D eigenvalue weighted by atomic mass is 9.94. The first-order valence-electron chi connectivity index (χ1n) is 4.38. The van der Waals surface area contributed by atoms with Crippen LogP contribution < -0.4 is 0 Å². The number of alkyl halides is 1. The van der Waals surface area contributed by atoms with Gasteiger partial charge in [0.05, 0.1) is 12.6 Å². The Morgan fingerprint density at radius 3 is 2.73 bits per heavy atom. The van der Waals surface area contributed by atoms with Crippen molar-refractivity contribution >= 4 is 26.1 Å². The first kappa shape index (κ1) is 13.5. The van der Waals surface area contributed by atoms with Gasteiger partial charge in [-0.2, -0.15) is 0 Å². The van der Waals surface area contributed by atoms with Crippen molar-refractivity contribution in [3.8, 4) is 0 Å². The van der Waals surface area contributed by atoms with Crippen molar-refractivity contribution in [1.82, 2.24) is 0 Å². The van der Waals surface area contributed by atoms with Crippen LogP contribution in [0, 0.1) is 0 Å². The summed E-state index contributed by atoms with van der Waals surface area (Å²) in [6, 6.07) is -1.06. The molecule has 1 N–H and O–H groups in total. The average molecular weight is 254 g/mol. The first-order valence-corrected chi connectivity index (χ1v) is 7.50. The van der Waals surface area contributed by atoms with Gasteiger partial charge in [-0.05, 0) is 11.8 Å². The van der Waals surface area contributed by atoms with Gasteiger partial charge in [-0.15, -0.1) is 0 Å². The summed E-state index contributed by atoms with van der Waals surface area (Å²) < 4.78 is 28.5. The van der Waals surface area contributed by atoms with Gasteiger partial charge in [-0.3, -0.25) is 0 Å². The summed E-state index contributed by atoms with van der Waals surface area (Å²) in [5.74, 6) is 0. The van der Waals surface area contributed by atoms with Crippen LogP contribution in [0.25, 0.3) is 0 Å². The topological polar surface area (TPSA) is 47.9 Å². The van der Waals surface area contributed by atoms with Gasteiger partial charge in [0.2, 0.25) is 0 Å². The van der Waals surface area contributed by atoms with Gasteiger partial charge >= 0.3 is 0 Å². The van der Waals surface area contributed by atoms with E-state index in [1.165, 1.54) is 13.8 Å². The van der Waals surface area contributed by atoms with Crippen LogP contribution in [0.15, 0.2) is 0 Å². The van der Waals surface area contributed by atoms with E-state index in [-0.39, 0.29) is 6.61 Å². The van der Waals surface area contributed by atoms with Crippen LogP contribution in [-0.2, 0) is 25.8 Å². The number of methoxy groups -OCH3 is 1. The van der Waals surface area contributed by atoms with Crippen LogP contribution in [0.4, 0.5) is 4.39 Å². The molecule has 1 heterocycles. The van der Waals surface area contributed by atoms with Gasteiger partial charge < -0.3 is 18.9 Å². The van der Waals surface area contributed by atoms with Gasteiger partial charge in [0.15, 0.2) is 6.49 Å². The minimum Gasteiger partial charge on any atom is -0.382 e. The number of hydrogen-bond donors (Lipinski definition) is 1. The molecule has 0 saturated carbocycles. The SMILES string of the molecule is [B][C@@H]1O[C@H](COC)C(OP(C)(O)=S)[C@H]1F. The standard InChI is InChI=1S/C7H13BFO4PS/c1-11-3-4-6(13-14(2,10)15)5(9)7(8)12-4/h4-7H,3H2,1-2H3,(H,10,15)/t4-,5-,6?,7-,14?/m1/s1. The van der Waals surface area contributed by atoms with Crippen molar-refractivity contribution in [2.75, 3.05) is 20.4 Å². The van der Waals surface area contributed by atoms with E-state index in [1.807, 2.05) is 0 Å². The third-order valence-electron chi connectivity index (χ3n) is 1.97. The highest BCUT2D eigenvalue weighted by Gasteiger charge is 2.44. The summed E-state index contributed by atoms with van der Waals surface area (Å²) in [5.41, 5.74) is 0. The Hall–Kier alpha value is 0.485. The summed E-state index contributed by atoms with van der Waals surface area (Å²) in [6.45, 7) is -1.44. The van der Waals surface area contributed by atoms with Gasteiger partial charge in [-0.25, -0.2) is 4.39 Å². The molecule has 4 nitrogen and oxygen atoms in total. The zero-order valence-corrected chi connectivity index (χ0v) is 10.2. The molecule has 0 aromatic heterocycles. The lowest BCUT2D eigenvalue weighted by Crippen LogP contribution is -2.33. The van der Waals surface area contributed by atoms with E-state index >= 15 is 0 Å². The molecule has 0 aliphatic carbocycles. The van der Waals surface area contributed by atoms with Gasteiger partial charge in [-0.1, -0.05) is 0 Å². The second-order valence-electron chi connectivity index (χ2n) is 3.41. The lowest BCUT2D eigenvalue weighted by Gasteiger charge is -2.22. The third kappa shape index (κ3) is 3.77. The molecule has 0 aromatic carbocycles. The summed E-state index contributed by atoms with van der Waals surface area (Å²) in [6.07, 6.45) is -3.09. The van der Waals surface area contributed by atoms with E-state index in [1.54, 1.807) is 0 Å². The monoisotopic (exact) mass is 254 g/mol. The number of halogens is 1. The maximum absolute atomic E-state index is 13.5. The Morgan fingerprint density at radius 1 is 1.67 bits per heavy atom. The fourth-order valence-corrected chi connectivity index (χ4v) is 2.40. The number of ether oxygens (including phenoxy) is 2. The largest absolute Gasteiger partial charge is 0.382 e. The second kappa shape index (κ2) is 5.21. The molecule has 86 valence electrons. The summed E-state index contributed by atoms with van der Waals surface area (Å²) >= 11 is 4.69. The smallest absolute Gasteiger partial charge is 0.183 e. The summed E-state index contributed by atoms with van der Waals surface area (Å²) in [5, 5.41) is 0. The molecule has 0 spiro atoms. The molecule has 15 heavy (non-hydrogen) atoms. The van der Waals surface area contributed by atoms with Crippen LogP contribution >= 0.6 is 6.49 Å². The second-order valence-corrected chi connectivity index (χ2v) is 7.26. The van der Waals surface area contributed by atoms with Crippen LogP contribution in [-0.4, -0.2) is 57.5 Å². The first-order chi connectivity index (χ1) is 6.85. The molecule has 1 saturated heterocycles. The van der Waals surface area contributed by atoms with Crippen molar-refractivity contribution in [3.05, 3.63) is 0 Å². The molecule has 8 heteroatoms. The maximum atomic E-state index is 13.5. The molecule has 0 amide bonds. The zero-order valence-electron chi connectivity index (χ0n) is 8.50. The summed E-state index contributed by atoms with van der Waals surface area (Å²) in [4.78, 5) is 9.37. The third-order valence-corrected chi connectivity index (χ3v) is 2.87. The molecule has 2 radical (unpaired) electrons. The van der Waals surface area contributed by atoms with Gasteiger partial charge in [0.25, 0.3) is 0 Å². The molecule has 1 fully saturated rings. The number of hydrogen-bond acceptors (Lipinski definition) is 4. The Kier molecular flexibility index (Phi) is 4.71. The Bertz CT molecular complexity index is 263. The van der Waals surface area contributed by atoms with Crippen LogP contribution in [0.3, 0.4) is 0 Å². The van der Waals surface area contributed by atoms with E-state index in [9.17, 15) is 9.28 Å². The van der Waals surface area contributed by atoms with Gasteiger partial charge in [0, 0.05) is 13.8 Å². The highest BCUT2D eigenvalue weighted by molar-refractivity contribution is 8.09. The normalized spacial score (nSPS) is 40.3. The Morgan fingerprint density at radius 2 is 2.27 bits per heavy atom. The quantitative estimate of drug-likeness (QED) is 0.573. The summed E-state index contributed by atoms with van der Waals surface area (Å²) in [7, 11) is 6.83. The van der Waals surface area contributed by atoms with Crippen molar-refractivity contribution in [1.29, 1.82) is 0 Å². The number of rotatable bonds is 4. The Labute approximate surface area is 94.7 Å². The van der Waals surface area contributed by atoms with E-state index < -0.39 is 30.9 Å². The van der Waals surface area contributed by atoms with Crippen LogP contribution in [0.2, 0.25) is 0 Å². The maximum Gasteiger partial charge on any atom is 0.183 e. The predicted octanol–water partition coefficient (Wildman–Crippen LogP) is 0.181. The highest BCUT2D eigenvalue weighted by Crippen LogP contribution is 2.43. The van der Waals surface area contributed by atoms with Crippen molar-refractivity contribution in [3.63, 3.8) is 0 Å². The van der Waals surface area contributed by atoms with E-state index in [0.717, 1.165) is 0 Å². The van der Waals surface area contributed by atoms with Crippen molar-refractivity contribution < 1.29 is 23.3 Å². The van der Waals surface area contributed by atoms with Crippen LogP contribution in [0.5, 0.6) is 0 Å².